The molecule has 0 aliphatic rings. The summed E-state index contributed by atoms with van der Waals surface area (Å²) in [5.41, 5.74) is 5.31. The van der Waals surface area contributed by atoms with Gasteiger partial charge in [-0.2, -0.15) is 0 Å². The highest BCUT2D eigenvalue weighted by molar-refractivity contribution is 5.67. The monoisotopic (exact) mass is 261 g/mol. The Morgan fingerprint density at radius 1 is 0.833 bits per heavy atom. The summed E-state index contributed by atoms with van der Waals surface area (Å²) in [5, 5.41) is 16.3. The summed E-state index contributed by atoms with van der Waals surface area (Å²) in [6, 6.07) is 0. The van der Waals surface area contributed by atoms with E-state index in [4.69, 9.17) is 15.9 Å². The Bertz CT molecular complexity index is 185. The lowest BCUT2D eigenvalue weighted by atomic mass is 10.2. The lowest BCUT2D eigenvalue weighted by molar-refractivity contribution is -0.139. The molecule has 5 heteroatoms. The van der Waals surface area contributed by atoms with Gasteiger partial charge >= 0.3 is 11.9 Å². The second kappa shape index (κ2) is 15.9. The SMILES string of the molecule is CCCCCCCN.O=C(O)CCCCC(=O)O. The number of carbonyl (C=O) groups is 2. The highest BCUT2D eigenvalue weighted by Gasteiger charge is 1.99. The number of aliphatic carboxylic acids is 2. The summed E-state index contributed by atoms with van der Waals surface area (Å²) < 4.78 is 0. The van der Waals surface area contributed by atoms with E-state index in [9.17, 15) is 9.59 Å². The van der Waals surface area contributed by atoms with Crippen molar-refractivity contribution in [1.29, 1.82) is 0 Å². The van der Waals surface area contributed by atoms with Crippen molar-refractivity contribution in [2.45, 2.75) is 64.7 Å². The molecule has 0 spiro atoms. The number of rotatable bonds is 10. The molecule has 0 atom stereocenters. The quantitative estimate of drug-likeness (QED) is 0.525. The van der Waals surface area contributed by atoms with Crippen LogP contribution in [0.5, 0.6) is 0 Å². The van der Waals surface area contributed by atoms with Crippen LogP contribution in [0.25, 0.3) is 0 Å². The van der Waals surface area contributed by atoms with Gasteiger partial charge in [-0.25, -0.2) is 0 Å². The Balaban J connectivity index is 0. The van der Waals surface area contributed by atoms with Gasteiger partial charge in [-0.15, -0.1) is 0 Å². The first-order chi connectivity index (χ1) is 8.54. The van der Waals surface area contributed by atoms with Gasteiger partial charge in [-0.3, -0.25) is 9.59 Å². The normalized spacial score (nSPS) is 9.44. The molecular formula is C13H27NO4. The van der Waals surface area contributed by atoms with Crippen LogP contribution < -0.4 is 5.73 Å². The lowest BCUT2D eigenvalue weighted by Crippen LogP contribution is -1.97. The molecule has 0 fully saturated rings. The van der Waals surface area contributed by atoms with Gasteiger partial charge in [-0.05, 0) is 25.8 Å². The summed E-state index contributed by atoms with van der Waals surface area (Å²) in [4.78, 5) is 19.8. The van der Waals surface area contributed by atoms with Crippen molar-refractivity contribution >= 4 is 11.9 Å². The third kappa shape index (κ3) is 24.2. The van der Waals surface area contributed by atoms with Gasteiger partial charge in [0.1, 0.15) is 0 Å². The number of hydrogen-bond acceptors (Lipinski definition) is 3. The van der Waals surface area contributed by atoms with Crippen molar-refractivity contribution in [2.24, 2.45) is 5.73 Å². The topological polar surface area (TPSA) is 101 Å². The number of nitrogens with two attached hydrogens (primary N) is 1. The fourth-order valence-corrected chi connectivity index (χ4v) is 1.30. The number of hydrogen-bond donors (Lipinski definition) is 3. The third-order valence-electron chi connectivity index (χ3n) is 2.34. The van der Waals surface area contributed by atoms with Crippen LogP contribution in [-0.4, -0.2) is 28.7 Å². The van der Waals surface area contributed by atoms with Crippen molar-refractivity contribution in [3.8, 4) is 0 Å². The lowest BCUT2D eigenvalue weighted by Gasteiger charge is -1.93. The van der Waals surface area contributed by atoms with Gasteiger partial charge in [0.15, 0.2) is 0 Å². The average Bonchev–Trinajstić information content (AvgIpc) is 2.31. The van der Waals surface area contributed by atoms with Gasteiger partial charge < -0.3 is 15.9 Å². The maximum Gasteiger partial charge on any atom is 0.303 e. The third-order valence-corrected chi connectivity index (χ3v) is 2.34. The van der Waals surface area contributed by atoms with Crippen molar-refractivity contribution in [3.63, 3.8) is 0 Å². The second-order valence-corrected chi connectivity index (χ2v) is 4.20. The molecule has 18 heavy (non-hydrogen) atoms. The first-order valence-corrected chi connectivity index (χ1v) is 6.68. The van der Waals surface area contributed by atoms with Gasteiger partial charge in [0.25, 0.3) is 0 Å². The predicted molar refractivity (Wildman–Crippen MR) is 71.6 cm³/mol. The molecule has 0 aliphatic heterocycles. The molecule has 0 heterocycles. The molecule has 0 aromatic heterocycles. The second-order valence-electron chi connectivity index (χ2n) is 4.20. The van der Waals surface area contributed by atoms with E-state index in [2.05, 4.69) is 6.92 Å². The van der Waals surface area contributed by atoms with E-state index >= 15 is 0 Å². The van der Waals surface area contributed by atoms with Gasteiger partial charge in [0, 0.05) is 12.8 Å². The van der Waals surface area contributed by atoms with E-state index in [-0.39, 0.29) is 12.8 Å². The summed E-state index contributed by atoms with van der Waals surface area (Å²) in [5.74, 6) is -1.74. The molecule has 0 amide bonds. The summed E-state index contributed by atoms with van der Waals surface area (Å²) >= 11 is 0. The minimum Gasteiger partial charge on any atom is -0.481 e. The maximum absolute atomic E-state index is 9.90. The van der Waals surface area contributed by atoms with E-state index in [1.165, 1.54) is 32.1 Å². The van der Waals surface area contributed by atoms with Crippen molar-refractivity contribution in [3.05, 3.63) is 0 Å². The van der Waals surface area contributed by atoms with Gasteiger partial charge in [0.05, 0.1) is 0 Å². The molecule has 0 bridgehead atoms. The van der Waals surface area contributed by atoms with Gasteiger partial charge in [0.2, 0.25) is 0 Å². The molecule has 0 rings (SSSR count). The molecule has 4 N–H and O–H groups in total. The zero-order chi connectivity index (χ0) is 14.2. The van der Waals surface area contributed by atoms with Crippen LogP contribution in [0.15, 0.2) is 0 Å². The standard InChI is InChI=1S/C7H17N.C6H10O4/c1-2-3-4-5-6-7-8;7-5(8)3-1-2-4-6(9)10/h2-8H2,1H3;1-4H2,(H,7,8)(H,9,10). The van der Waals surface area contributed by atoms with Crippen molar-refractivity contribution < 1.29 is 19.8 Å². The van der Waals surface area contributed by atoms with Crippen LogP contribution in [0.2, 0.25) is 0 Å². The molecule has 0 saturated carbocycles. The zero-order valence-corrected chi connectivity index (χ0v) is 11.4. The molecule has 0 unspecified atom stereocenters. The molecule has 5 nitrogen and oxygen atoms in total. The fourth-order valence-electron chi connectivity index (χ4n) is 1.30. The van der Waals surface area contributed by atoms with Crippen LogP contribution in [0.3, 0.4) is 0 Å². The minimum absolute atomic E-state index is 0.0628. The smallest absolute Gasteiger partial charge is 0.303 e. The zero-order valence-electron chi connectivity index (χ0n) is 11.4. The predicted octanol–water partition coefficient (Wildman–Crippen LogP) is 2.63. The highest BCUT2D eigenvalue weighted by atomic mass is 16.4. The van der Waals surface area contributed by atoms with E-state index in [1.807, 2.05) is 0 Å². The minimum atomic E-state index is -0.870. The average molecular weight is 261 g/mol. The number of carboxylic acids is 2. The Hall–Kier alpha value is -1.10. The summed E-state index contributed by atoms with van der Waals surface area (Å²) in [7, 11) is 0. The van der Waals surface area contributed by atoms with Crippen molar-refractivity contribution in [2.75, 3.05) is 6.54 Å². The molecule has 0 aromatic rings. The summed E-state index contributed by atoms with van der Waals surface area (Å²) in [6.45, 7) is 3.09. The molecule has 0 saturated heterocycles. The highest BCUT2D eigenvalue weighted by Crippen LogP contribution is 2.00. The first-order valence-electron chi connectivity index (χ1n) is 6.68. The summed E-state index contributed by atoms with van der Waals surface area (Å²) in [6.07, 6.45) is 7.62. The Kier molecular flexibility index (Phi) is 17.0. The molecule has 108 valence electrons. The number of carboxylic acid groups (broad SMARTS) is 2. The molecule has 0 radical (unpaired) electrons. The van der Waals surface area contributed by atoms with Gasteiger partial charge in [-0.1, -0.05) is 32.6 Å². The Labute approximate surface area is 109 Å². The molecule has 0 aromatic carbocycles. The largest absolute Gasteiger partial charge is 0.481 e. The van der Waals surface area contributed by atoms with Crippen LogP contribution in [0.4, 0.5) is 0 Å². The van der Waals surface area contributed by atoms with E-state index in [0.29, 0.717) is 12.8 Å². The van der Waals surface area contributed by atoms with E-state index in [1.54, 1.807) is 0 Å². The van der Waals surface area contributed by atoms with E-state index in [0.717, 1.165) is 6.54 Å². The first kappa shape index (κ1) is 19.2. The Morgan fingerprint density at radius 3 is 1.61 bits per heavy atom. The van der Waals surface area contributed by atoms with E-state index < -0.39 is 11.9 Å². The van der Waals surface area contributed by atoms with Crippen LogP contribution in [0.1, 0.15) is 64.7 Å². The fraction of sp³-hybridized carbons (Fsp3) is 0.846. The van der Waals surface area contributed by atoms with Crippen molar-refractivity contribution in [1.82, 2.24) is 0 Å². The maximum atomic E-state index is 9.90. The van der Waals surface area contributed by atoms with Crippen LogP contribution in [0, 0.1) is 0 Å². The molecular weight excluding hydrogens is 234 g/mol. The molecule has 0 aliphatic carbocycles. The Morgan fingerprint density at radius 2 is 1.28 bits per heavy atom. The number of unbranched alkanes of at least 4 members (excludes halogenated alkanes) is 5. The van der Waals surface area contributed by atoms with Crippen LogP contribution in [-0.2, 0) is 9.59 Å². The van der Waals surface area contributed by atoms with Crippen LogP contribution >= 0.6 is 0 Å².